The zero-order chi connectivity index (χ0) is 45.0. The largest absolute Gasteiger partial charge is 0.416 e. The quantitative estimate of drug-likeness (QED) is 0.141. The maximum Gasteiger partial charge on any atom is 0.416 e. The molecule has 0 fully saturated rings. The van der Waals surface area contributed by atoms with Crippen LogP contribution in [0, 0.1) is 13.8 Å². The molecule has 0 aliphatic rings. The molecule has 9 aromatic carbocycles. The molecule has 1 heterocycles. The van der Waals surface area contributed by atoms with E-state index in [9.17, 15) is 26.3 Å². The lowest BCUT2D eigenvalue weighted by molar-refractivity contribution is -0.138. The van der Waals surface area contributed by atoms with E-state index in [1.165, 1.54) is 24.3 Å². The first-order valence-corrected chi connectivity index (χ1v) is 21.0. The topological polar surface area (TPSA) is 11.4 Å². The van der Waals surface area contributed by atoms with Crippen LogP contribution >= 0.6 is 0 Å². The third kappa shape index (κ3) is 7.95. The Bertz CT molecular complexity index is 3320. The number of aromatic nitrogens is 1. The van der Waals surface area contributed by atoms with Crippen molar-refractivity contribution in [1.29, 1.82) is 0 Å². The molecular weight excluding hydrogens is 829 g/mol. The molecule has 0 unspecified atom stereocenters. The summed E-state index contributed by atoms with van der Waals surface area (Å²) in [5.74, 6) is 0. The number of hydrogen-bond donors (Lipinski definition) is 0. The van der Waals surface area contributed by atoms with Crippen LogP contribution in [0.15, 0.2) is 200 Å². The summed E-state index contributed by atoms with van der Waals surface area (Å²) < 4.78 is 84.5. The van der Waals surface area contributed by atoms with E-state index < -0.39 is 23.5 Å². The van der Waals surface area contributed by atoms with E-state index >= 15 is 0 Å². The van der Waals surface area contributed by atoms with Crippen molar-refractivity contribution in [3.8, 4) is 16.8 Å². The minimum Gasteiger partial charge on any atom is -0.310 e. The van der Waals surface area contributed by atoms with Gasteiger partial charge in [0.1, 0.15) is 0 Å². The van der Waals surface area contributed by atoms with Gasteiger partial charge in [-0.1, -0.05) is 90.0 Å². The second-order valence-corrected chi connectivity index (χ2v) is 16.3. The number of benzene rings is 9. The Morgan fingerprint density at radius 1 is 0.354 bits per heavy atom. The number of halogens is 6. The van der Waals surface area contributed by atoms with Crippen molar-refractivity contribution in [1.82, 2.24) is 4.57 Å². The van der Waals surface area contributed by atoms with Gasteiger partial charge in [-0.3, -0.25) is 0 Å². The summed E-state index contributed by atoms with van der Waals surface area (Å²) in [6.07, 6.45) is -8.95. The SMILES string of the molecule is Cc1ccc(N(c2ccc(C(F)(F)F)cc2)c2ccc3cc4c5ccc(N(c6ccc(C)cc6)c6ccc(C(F)(F)F)cc6)cc5n(-c5ccc(-c6ccccc6)cc5)c4cc3c2)cc1. The van der Waals surface area contributed by atoms with Gasteiger partial charge in [0.2, 0.25) is 0 Å². The van der Waals surface area contributed by atoms with E-state index in [1.807, 2.05) is 109 Å². The Kier molecular flexibility index (Phi) is 10.2. The number of anilines is 6. The molecule has 9 heteroatoms. The van der Waals surface area contributed by atoms with Crippen molar-refractivity contribution >= 4 is 66.7 Å². The summed E-state index contributed by atoms with van der Waals surface area (Å²) in [5.41, 5.74) is 9.74. The Morgan fingerprint density at radius 3 is 1.29 bits per heavy atom. The van der Waals surface area contributed by atoms with Crippen LogP contribution in [0.2, 0.25) is 0 Å². The Labute approximate surface area is 371 Å². The second kappa shape index (κ2) is 16.1. The van der Waals surface area contributed by atoms with Crippen LogP contribution in [0.25, 0.3) is 49.4 Å². The monoisotopic (exact) mass is 867 g/mol. The number of hydrogen-bond acceptors (Lipinski definition) is 2. The molecule has 10 rings (SSSR count). The van der Waals surface area contributed by atoms with Crippen LogP contribution in [0.4, 0.5) is 60.5 Å². The lowest BCUT2D eigenvalue weighted by Crippen LogP contribution is -2.11. The van der Waals surface area contributed by atoms with E-state index in [0.717, 1.165) is 108 Å². The lowest BCUT2D eigenvalue weighted by atomic mass is 10.0. The summed E-state index contributed by atoms with van der Waals surface area (Å²) >= 11 is 0. The van der Waals surface area contributed by atoms with Gasteiger partial charge in [0.15, 0.2) is 0 Å². The van der Waals surface area contributed by atoms with E-state index in [2.05, 4.69) is 71.3 Å². The minimum absolute atomic E-state index is 0.570. The van der Waals surface area contributed by atoms with Gasteiger partial charge in [0, 0.05) is 50.6 Å². The number of fused-ring (bicyclic) bond motifs is 4. The molecule has 10 aromatic rings. The van der Waals surface area contributed by atoms with Crippen molar-refractivity contribution in [2.75, 3.05) is 9.80 Å². The Morgan fingerprint density at radius 2 is 0.785 bits per heavy atom. The maximum atomic E-state index is 13.7. The maximum absolute atomic E-state index is 13.7. The fourth-order valence-electron chi connectivity index (χ4n) is 8.61. The van der Waals surface area contributed by atoms with E-state index in [4.69, 9.17) is 0 Å². The molecule has 320 valence electrons. The molecule has 0 amide bonds. The molecule has 0 saturated heterocycles. The summed E-state index contributed by atoms with van der Waals surface area (Å²) in [4.78, 5) is 3.91. The highest BCUT2D eigenvalue weighted by Gasteiger charge is 2.31. The summed E-state index contributed by atoms with van der Waals surface area (Å²) in [5, 5.41) is 3.85. The fraction of sp³-hybridized carbons (Fsp3) is 0.0714. The Balaban J connectivity index is 1.18. The molecule has 1 aromatic heterocycles. The molecule has 0 aliphatic carbocycles. The number of alkyl halides is 6. The first-order valence-electron chi connectivity index (χ1n) is 21.0. The third-order valence-corrected chi connectivity index (χ3v) is 11.9. The van der Waals surface area contributed by atoms with Gasteiger partial charge in [0.05, 0.1) is 22.2 Å². The second-order valence-electron chi connectivity index (χ2n) is 16.3. The summed E-state index contributed by atoms with van der Waals surface area (Å²) in [6, 6.07) is 61.2. The highest BCUT2D eigenvalue weighted by atomic mass is 19.4. The molecular formula is C56H39F6N3. The fourth-order valence-corrected chi connectivity index (χ4v) is 8.61. The normalized spacial score (nSPS) is 12.0. The molecule has 0 aliphatic heterocycles. The van der Waals surface area contributed by atoms with Gasteiger partial charge in [-0.2, -0.15) is 26.3 Å². The molecule has 0 atom stereocenters. The molecule has 0 spiro atoms. The van der Waals surface area contributed by atoms with E-state index in [-0.39, 0.29) is 0 Å². The van der Waals surface area contributed by atoms with Crippen LogP contribution in [0.5, 0.6) is 0 Å². The van der Waals surface area contributed by atoms with Gasteiger partial charge in [-0.15, -0.1) is 0 Å². The smallest absolute Gasteiger partial charge is 0.310 e. The van der Waals surface area contributed by atoms with Crippen LogP contribution in [-0.4, -0.2) is 4.57 Å². The van der Waals surface area contributed by atoms with E-state index in [1.54, 1.807) is 0 Å². The van der Waals surface area contributed by atoms with E-state index in [0.29, 0.717) is 11.4 Å². The zero-order valence-corrected chi connectivity index (χ0v) is 35.2. The molecule has 0 N–H and O–H groups in total. The molecule has 0 bridgehead atoms. The predicted molar refractivity (Wildman–Crippen MR) is 253 cm³/mol. The molecule has 3 nitrogen and oxygen atoms in total. The average molecular weight is 868 g/mol. The standard InChI is InChI=1S/C56H39F6N3/c1-36-8-19-44(20-9-36)63(46-26-15-42(16-27-46)55(57,58)59)49-25-14-40-33-52-51-31-30-50(64(45-21-10-37(2)11-22-45)47-28-17-43(18-29-47)56(60,61)62)35-54(51)65(53(52)34-41(40)32-49)48-23-12-39(13-24-48)38-6-4-3-5-7-38/h3-35H,1-2H3. The van der Waals surface area contributed by atoms with Crippen molar-refractivity contribution in [2.24, 2.45) is 0 Å². The number of aryl methyl sites for hydroxylation is 2. The minimum atomic E-state index is -4.48. The average Bonchev–Trinajstić information content (AvgIpc) is 3.62. The van der Waals surface area contributed by atoms with Crippen LogP contribution in [-0.2, 0) is 12.4 Å². The molecule has 0 radical (unpaired) electrons. The summed E-state index contributed by atoms with van der Waals surface area (Å²) in [7, 11) is 0. The first-order chi connectivity index (χ1) is 31.3. The van der Waals surface area contributed by atoms with Gasteiger partial charge < -0.3 is 14.4 Å². The lowest BCUT2D eigenvalue weighted by Gasteiger charge is -2.26. The first kappa shape index (κ1) is 41.2. The van der Waals surface area contributed by atoms with Crippen molar-refractivity contribution in [3.05, 3.63) is 222 Å². The van der Waals surface area contributed by atoms with Crippen molar-refractivity contribution < 1.29 is 26.3 Å². The van der Waals surface area contributed by atoms with Crippen molar-refractivity contribution in [2.45, 2.75) is 26.2 Å². The third-order valence-electron chi connectivity index (χ3n) is 11.9. The van der Waals surface area contributed by atoms with Crippen LogP contribution in [0.3, 0.4) is 0 Å². The van der Waals surface area contributed by atoms with Gasteiger partial charge in [-0.05, 0) is 157 Å². The van der Waals surface area contributed by atoms with Crippen LogP contribution in [0.1, 0.15) is 22.3 Å². The predicted octanol–water partition coefficient (Wildman–Crippen LogP) is 17.2. The molecule has 0 saturated carbocycles. The zero-order valence-electron chi connectivity index (χ0n) is 35.2. The number of nitrogens with zero attached hydrogens (tertiary/aromatic N) is 3. The highest BCUT2D eigenvalue weighted by Crippen LogP contribution is 2.44. The van der Waals surface area contributed by atoms with Crippen LogP contribution < -0.4 is 9.80 Å². The van der Waals surface area contributed by atoms with Gasteiger partial charge >= 0.3 is 12.4 Å². The number of rotatable bonds is 8. The Hall–Kier alpha value is -7.78. The summed E-state index contributed by atoms with van der Waals surface area (Å²) in [6.45, 7) is 3.97. The van der Waals surface area contributed by atoms with Crippen molar-refractivity contribution in [3.63, 3.8) is 0 Å². The van der Waals surface area contributed by atoms with Gasteiger partial charge in [0.25, 0.3) is 0 Å². The van der Waals surface area contributed by atoms with Gasteiger partial charge in [-0.25, -0.2) is 0 Å². The molecule has 65 heavy (non-hydrogen) atoms. The highest BCUT2D eigenvalue weighted by molar-refractivity contribution is 6.15.